The molecule has 13 heavy (non-hydrogen) atoms. The highest BCUT2D eigenvalue weighted by Crippen LogP contribution is 2.21. The Hall–Kier alpha value is -0.800. The van der Waals surface area contributed by atoms with E-state index in [0.717, 1.165) is 24.7 Å². The molecule has 1 aliphatic heterocycles. The molecule has 1 aromatic heterocycles. The third-order valence-electron chi connectivity index (χ3n) is 2.45. The van der Waals surface area contributed by atoms with Gasteiger partial charge in [-0.15, -0.1) is 0 Å². The Kier molecular flexibility index (Phi) is 2.38. The molecule has 0 saturated carbocycles. The fraction of sp³-hybridized carbons (Fsp3) is 0.600. The van der Waals surface area contributed by atoms with Crippen LogP contribution in [0.2, 0.25) is 0 Å². The van der Waals surface area contributed by atoms with Crippen LogP contribution in [0, 0.1) is 13.8 Å². The molecular formula is C10H15NO2. The zero-order valence-corrected chi connectivity index (χ0v) is 8.09. The second-order valence-electron chi connectivity index (χ2n) is 3.47. The molecule has 1 aliphatic rings. The highest BCUT2D eigenvalue weighted by Gasteiger charge is 2.18. The topological polar surface area (TPSA) is 34.4 Å². The van der Waals surface area contributed by atoms with E-state index in [4.69, 9.17) is 9.15 Å². The summed E-state index contributed by atoms with van der Waals surface area (Å²) in [5.41, 5.74) is 1.21. The maximum atomic E-state index is 5.61. The van der Waals surface area contributed by atoms with Crippen molar-refractivity contribution in [3.63, 3.8) is 0 Å². The van der Waals surface area contributed by atoms with Gasteiger partial charge in [0.15, 0.2) is 0 Å². The zero-order chi connectivity index (χ0) is 9.26. The van der Waals surface area contributed by atoms with Gasteiger partial charge in [0.1, 0.15) is 11.5 Å². The minimum Gasteiger partial charge on any atom is -0.464 e. The van der Waals surface area contributed by atoms with Crippen LogP contribution < -0.4 is 5.32 Å². The predicted octanol–water partition coefficient (Wildman–Crippen LogP) is 1.56. The van der Waals surface area contributed by atoms with E-state index in [-0.39, 0.29) is 6.04 Å². The smallest absolute Gasteiger partial charge is 0.123 e. The fourth-order valence-electron chi connectivity index (χ4n) is 1.52. The van der Waals surface area contributed by atoms with E-state index >= 15 is 0 Å². The monoisotopic (exact) mass is 181 g/mol. The zero-order valence-electron chi connectivity index (χ0n) is 8.09. The Morgan fingerprint density at radius 1 is 1.46 bits per heavy atom. The van der Waals surface area contributed by atoms with E-state index in [9.17, 15) is 0 Å². The summed E-state index contributed by atoms with van der Waals surface area (Å²) in [4.78, 5) is 0. The Balaban J connectivity index is 2.14. The van der Waals surface area contributed by atoms with Crippen molar-refractivity contribution in [1.29, 1.82) is 0 Å². The highest BCUT2D eigenvalue weighted by molar-refractivity contribution is 5.21. The van der Waals surface area contributed by atoms with Gasteiger partial charge in [0.2, 0.25) is 0 Å². The van der Waals surface area contributed by atoms with E-state index < -0.39 is 0 Å². The Morgan fingerprint density at radius 2 is 2.31 bits per heavy atom. The summed E-state index contributed by atoms with van der Waals surface area (Å²) in [7, 11) is 0. The molecule has 0 spiro atoms. The van der Waals surface area contributed by atoms with Crippen molar-refractivity contribution >= 4 is 0 Å². The summed E-state index contributed by atoms with van der Waals surface area (Å²) in [6.45, 7) is 6.47. The van der Waals surface area contributed by atoms with E-state index in [1.54, 1.807) is 0 Å². The molecule has 1 unspecified atom stereocenters. The number of aryl methyl sites for hydroxylation is 2. The summed E-state index contributed by atoms with van der Waals surface area (Å²) < 4.78 is 11.0. The van der Waals surface area contributed by atoms with Gasteiger partial charge in [0.25, 0.3) is 0 Å². The summed E-state index contributed by atoms with van der Waals surface area (Å²) in [6, 6.07) is 2.32. The molecule has 1 fully saturated rings. The molecule has 0 aliphatic carbocycles. The van der Waals surface area contributed by atoms with Crippen molar-refractivity contribution in [2.45, 2.75) is 19.9 Å². The van der Waals surface area contributed by atoms with E-state index in [0.29, 0.717) is 6.61 Å². The predicted molar refractivity (Wildman–Crippen MR) is 49.7 cm³/mol. The number of rotatable bonds is 1. The molecular weight excluding hydrogens is 166 g/mol. The normalized spacial score (nSPS) is 23.4. The lowest BCUT2D eigenvalue weighted by atomic mass is 10.2. The van der Waals surface area contributed by atoms with Gasteiger partial charge >= 0.3 is 0 Å². The van der Waals surface area contributed by atoms with Crippen molar-refractivity contribution in [3.8, 4) is 0 Å². The van der Waals surface area contributed by atoms with E-state index in [2.05, 4.69) is 18.3 Å². The van der Waals surface area contributed by atoms with Gasteiger partial charge < -0.3 is 14.5 Å². The SMILES string of the molecule is Cc1cc(C2COCCN2)oc1C. The van der Waals surface area contributed by atoms with Crippen LogP contribution in [0.4, 0.5) is 0 Å². The van der Waals surface area contributed by atoms with Gasteiger partial charge in [-0.3, -0.25) is 0 Å². The van der Waals surface area contributed by atoms with Crippen LogP contribution in [-0.2, 0) is 4.74 Å². The molecule has 0 radical (unpaired) electrons. The average molecular weight is 181 g/mol. The van der Waals surface area contributed by atoms with Gasteiger partial charge in [0, 0.05) is 6.54 Å². The number of hydrogen-bond acceptors (Lipinski definition) is 3. The molecule has 1 atom stereocenters. The molecule has 3 heteroatoms. The molecule has 2 rings (SSSR count). The van der Waals surface area contributed by atoms with Crippen LogP contribution in [0.1, 0.15) is 23.1 Å². The van der Waals surface area contributed by atoms with Crippen LogP contribution in [-0.4, -0.2) is 19.8 Å². The first kappa shape index (κ1) is 8.78. The summed E-state index contributed by atoms with van der Waals surface area (Å²) in [6.07, 6.45) is 0. The number of nitrogens with one attached hydrogen (secondary N) is 1. The second kappa shape index (κ2) is 3.52. The molecule has 1 saturated heterocycles. The molecule has 0 bridgehead atoms. The van der Waals surface area contributed by atoms with Crippen LogP contribution in [0.3, 0.4) is 0 Å². The maximum Gasteiger partial charge on any atom is 0.123 e. The molecule has 1 N–H and O–H groups in total. The summed E-state index contributed by atoms with van der Waals surface area (Å²) >= 11 is 0. The lowest BCUT2D eigenvalue weighted by Gasteiger charge is -2.21. The lowest BCUT2D eigenvalue weighted by molar-refractivity contribution is 0.0696. The first-order chi connectivity index (χ1) is 6.27. The summed E-state index contributed by atoms with van der Waals surface area (Å²) in [5.74, 6) is 2.00. The van der Waals surface area contributed by atoms with Crippen LogP contribution >= 0.6 is 0 Å². The van der Waals surface area contributed by atoms with Gasteiger partial charge in [-0.2, -0.15) is 0 Å². The number of furan rings is 1. The molecule has 0 aromatic carbocycles. The third-order valence-corrected chi connectivity index (χ3v) is 2.45. The maximum absolute atomic E-state index is 5.61. The van der Waals surface area contributed by atoms with Crippen molar-refractivity contribution < 1.29 is 9.15 Å². The van der Waals surface area contributed by atoms with Gasteiger partial charge in [0.05, 0.1) is 19.3 Å². The Morgan fingerprint density at radius 3 is 2.85 bits per heavy atom. The minimum atomic E-state index is 0.237. The Bertz CT molecular complexity index is 268. The van der Waals surface area contributed by atoms with Crippen molar-refractivity contribution in [2.75, 3.05) is 19.8 Å². The second-order valence-corrected chi connectivity index (χ2v) is 3.47. The standard InChI is InChI=1S/C10H15NO2/c1-7-5-10(13-8(7)2)9-6-12-4-3-11-9/h5,9,11H,3-4,6H2,1-2H3. The van der Waals surface area contributed by atoms with Crippen LogP contribution in [0.25, 0.3) is 0 Å². The molecule has 0 amide bonds. The average Bonchev–Trinajstić information content (AvgIpc) is 2.49. The van der Waals surface area contributed by atoms with Crippen molar-refractivity contribution in [1.82, 2.24) is 5.32 Å². The molecule has 1 aromatic rings. The molecule has 3 nitrogen and oxygen atoms in total. The van der Waals surface area contributed by atoms with Gasteiger partial charge in [-0.25, -0.2) is 0 Å². The first-order valence-electron chi connectivity index (χ1n) is 4.65. The lowest BCUT2D eigenvalue weighted by Crippen LogP contribution is -2.34. The highest BCUT2D eigenvalue weighted by atomic mass is 16.5. The van der Waals surface area contributed by atoms with E-state index in [1.165, 1.54) is 5.56 Å². The number of hydrogen-bond donors (Lipinski definition) is 1. The Labute approximate surface area is 78.1 Å². The molecule has 72 valence electrons. The third kappa shape index (κ3) is 1.76. The first-order valence-corrected chi connectivity index (χ1v) is 4.65. The number of morpholine rings is 1. The number of ether oxygens (including phenoxy) is 1. The van der Waals surface area contributed by atoms with Crippen molar-refractivity contribution in [3.05, 3.63) is 23.2 Å². The summed E-state index contributed by atoms with van der Waals surface area (Å²) in [5, 5.41) is 3.36. The van der Waals surface area contributed by atoms with Gasteiger partial charge in [-0.05, 0) is 25.5 Å². The van der Waals surface area contributed by atoms with Crippen molar-refractivity contribution in [2.24, 2.45) is 0 Å². The molecule has 2 heterocycles. The quantitative estimate of drug-likeness (QED) is 0.714. The van der Waals surface area contributed by atoms with Crippen LogP contribution in [0.15, 0.2) is 10.5 Å². The van der Waals surface area contributed by atoms with Crippen LogP contribution in [0.5, 0.6) is 0 Å². The van der Waals surface area contributed by atoms with Gasteiger partial charge in [-0.1, -0.05) is 0 Å². The van der Waals surface area contributed by atoms with E-state index in [1.807, 2.05) is 6.92 Å². The fourth-order valence-corrected chi connectivity index (χ4v) is 1.52. The minimum absolute atomic E-state index is 0.237. The largest absolute Gasteiger partial charge is 0.464 e.